The summed E-state index contributed by atoms with van der Waals surface area (Å²) < 4.78 is 27.1. The van der Waals surface area contributed by atoms with Crippen LogP contribution in [0.15, 0.2) is 48.5 Å². The van der Waals surface area contributed by atoms with Crippen LogP contribution in [0.25, 0.3) is 6.08 Å². The first-order valence-corrected chi connectivity index (χ1v) is 13.0. The van der Waals surface area contributed by atoms with Gasteiger partial charge in [0.1, 0.15) is 54.6 Å². The monoisotopic (exact) mass is 594 g/mol. The Hall–Kier alpha value is -3.15. The molecule has 42 heavy (non-hydrogen) atoms. The molecule has 0 unspecified atom stereocenters. The minimum Gasteiger partial charge on any atom is -0.493 e. The molecule has 2 aromatic rings. The van der Waals surface area contributed by atoms with E-state index in [-0.39, 0.29) is 28.6 Å². The molecule has 4 rings (SSSR count). The van der Waals surface area contributed by atoms with Gasteiger partial charge < -0.3 is 64.5 Å². The van der Waals surface area contributed by atoms with Crippen LogP contribution in [0.1, 0.15) is 15.9 Å². The van der Waals surface area contributed by atoms with Crippen molar-refractivity contribution < 1.29 is 69.3 Å². The van der Waals surface area contributed by atoms with Gasteiger partial charge in [-0.1, -0.05) is 18.2 Å². The van der Waals surface area contributed by atoms with E-state index in [9.17, 15) is 45.6 Å². The van der Waals surface area contributed by atoms with Crippen molar-refractivity contribution in [2.45, 2.75) is 61.4 Å². The second-order valence-corrected chi connectivity index (χ2v) is 9.76. The highest BCUT2D eigenvalue weighted by atomic mass is 16.7. The lowest BCUT2D eigenvalue weighted by atomic mass is 9.99. The fourth-order valence-corrected chi connectivity index (χ4v) is 4.43. The summed E-state index contributed by atoms with van der Waals surface area (Å²) in [7, 11) is 1.34. The zero-order valence-electron chi connectivity index (χ0n) is 22.4. The molecule has 2 heterocycles. The SMILES string of the molecule is COc1cc(C(=O)/C=C/c2ccc(O[C@@H]3O[C@H](CO)[C@@H](O)[C@H](O)[C@H]3O)cc2)ccc1O[C@@H]1O[C@H](CO)[C@@H](O)[C@H](O)[C@H]1O. The van der Waals surface area contributed by atoms with Crippen molar-refractivity contribution in [3.63, 3.8) is 0 Å². The third-order valence-corrected chi connectivity index (χ3v) is 6.95. The highest BCUT2D eigenvalue weighted by Crippen LogP contribution is 2.32. The van der Waals surface area contributed by atoms with Crippen molar-refractivity contribution in [3.8, 4) is 17.2 Å². The van der Waals surface area contributed by atoms with Crippen LogP contribution in [0, 0.1) is 0 Å². The summed E-state index contributed by atoms with van der Waals surface area (Å²) >= 11 is 0. The normalized spacial score (nSPS) is 33.4. The van der Waals surface area contributed by atoms with Gasteiger partial charge in [-0.25, -0.2) is 0 Å². The van der Waals surface area contributed by atoms with Crippen molar-refractivity contribution in [2.24, 2.45) is 0 Å². The molecule has 0 aromatic heterocycles. The molecule has 0 saturated carbocycles. The minimum atomic E-state index is -1.62. The Labute approximate surface area is 240 Å². The zero-order chi connectivity index (χ0) is 30.6. The summed E-state index contributed by atoms with van der Waals surface area (Å²) in [5, 5.41) is 78.7. The summed E-state index contributed by atoms with van der Waals surface area (Å²) in [5.74, 6) is 0.0927. The van der Waals surface area contributed by atoms with Gasteiger partial charge in [-0.05, 0) is 42.0 Å². The minimum absolute atomic E-state index is 0.0809. The van der Waals surface area contributed by atoms with Crippen LogP contribution in [0.5, 0.6) is 17.2 Å². The maximum atomic E-state index is 12.8. The summed E-state index contributed by atoms with van der Waals surface area (Å²) in [6, 6.07) is 10.6. The summed E-state index contributed by atoms with van der Waals surface area (Å²) in [6.07, 6.45) is -11.5. The maximum Gasteiger partial charge on any atom is 0.229 e. The number of ketones is 1. The number of ether oxygens (including phenoxy) is 5. The van der Waals surface area contributed by atoms with Crippen LogP contribution in [0.3, 0.4) is 0 Å². The molecule has 2 aliphatic heterocycles. The molecule has 0 spiro atoms. The molecule has 0 amide bonds. The Kier molecular flexibility index (Phi) is 10.5. The second-order valence-electron chi connectivity index (χ2n) is 9.76. The molecule has 2 fully saturated rings. The predicted octanol–water partition coefficient (Wildman–Crippen LogP) is -2.05. The molecule has 0 radical (unpaired) electrons. The van der Waals surface area contributed by atoms with Gasteiger partial charge >= 0.3 is 0 Å². The number of benzene rings is 2. The first-order valence-electron chi connectivity index (χ1n) is 13.0. The number of hydrogen-bond donors (Lipinski definition) is 8. The quantitative estimate of drug-likeness (QED) is 0.110. The van der Waals surface area contributed by atoms with E-state index in [1.165, 1.54) is 31.4 Å². The topological polar surface area (TPSA) is 225 Å². The lowest BCUT2D eigenvalue weighted by molar-refractivity contribution is -0.277. The summed E-state index contributed by atoms with van der Waals surface area (Å²) in [5.41, 5.74) is 0.867. The second kappa shape index (κ2) is 13.9. The lowest BCUT2D eigenvalue weighted by Gasteiger charge is -2.39. The number of carbonyl (C=O) groups excluding carboxylic acids is 1. The van der Waals surface area contributed by atoms with Gasteiger partial charge in [0.2, 0.25) is 12.6 Å². The smallest absolute Gasteiger partial charge is 0.229 e. The third kappa shape index (κ3) is 6.90. The number of allylic oxidation sites excluding steroid dienone is 1. The standard InChI is InChI=1S/C28H34O14/c1-38-18-10-14(5-9-17(18)40-28-26(37)24(35)22(33)20(12-30)42-28)16(31)8-4-13-2-6-15(7-3-13)39-27-25(36)23(34)21(32)19(11-29)41-27/h2-10,19-30,32-37H,11-12H2,1H3/b8-4+/t19-,20-,21-,22-,23+,24+,25-,26-,27-,28-/m1/s1. The van der Waals surface area contributed by atoms with Crippen molar-refractivity contribution in [1.29, 1.82) is 0 Å². The van der Waals surface area contributed by atoms with Gasteiger partial charge in [-0.2, -0.15) is 0 Å². The number of hydrogen-bond acceptors (Lipinski definition) is 14. The first-order chi connectivity index (χ1) is 20.1. The van der Waals surface area contributed by atoms with Crippen LogP contribution >= 0.6 is 0 Å². The largest absolute Gasteiger partial charge is 0.493 e. The highest BCUT2D eigenvalue weighted by molar-refractivity contribution is 6.07. The fraction of sp³-hybridized carbons (Fsp3) is 0.464. The lowest BCUT2D eigenvalue weighted by Crippen LogP contribution is -2.60. The van der Waals surface area contributed by atoms with E-state index in [0.717, 1.165) is 0 Å². The Morgan fingerprint density at radius 1 is 0.738 bits per heavy atom. The molecule has 2 aromatic carbocycles. The molecule has 8 N–H and O–H groups in total. The molecule has 2 saturated heterocycles. The predicted molar refractivity (Wildman–Crippen MR) is 142 cm³/mol. The van der Waals surface area contributed by atoms with Crippen molar-refractivity contribution in [2.75, 3.05) is 20.3 Å². The van der Waals surface area contributed by atoms with E-state index in [0.29, 0.717) is 5.56 Å². The molecule has 2 aliphatic rings. The van der Waals surface area contributed by atoms with E-state index in [4.69, 9.17) is 23.7 Å². The summed E-state index contributed by atoms with van der Waals surface area (Å²) in [4.78, 5) is 12.8. The fourth-order valence-electron chi connectivity index (χ4n) is 4.43. The van der Waals surface area contributed by atoms with Crippen molar-refractivity contribution >= 4 is 11.9 Å². The van der Waals surface area contributed by atoms with Crippen LogP contribution in [0.2, 0.25) is 0 Å². The Bertz CT molecular complexity index is 1220. The number of rotatable bonds is 10. The van der Waals surface area contributed by atoms with Crippen molar-refractivity contribution in [3.05, 3.63) is 59.7 Å². The molecule has 14 nitrogen and oxygen atoms in total. The van der Waals surface area contributed by atoms with Gasteiger partial charge in [-0.3, -0.25) is 4.79 Å². The average molecular weight is 595 g/mol. The molecular weight excluding hydrogens is 560 g/mol. The molecule has 0 bridgehead atoms. The van der Waals surface area contributed by atoms with Crippen LogP contribution in [-0.4, -0.2) is 128 Å². The van der Waals surface area contributed by atoms with E-state index in [2.05, 4.69) is 0 Å². The van der Waals surface area contributed by atoms with E-state index in [1.54, 1.807) is 30.3 Å². The van der Waals surface area contributed by atoms with Gasteiger partial charge in [0.05, 0.1) is 20.3 Å². The molecule has 230 valence electrons. The van der Waals surface area contributed by atoms with Gasteiger partial charge in [0.25, 0.3) is 0 Å². The van der Waals surface area contributed by atoms with Gasteiger partial charge in [0.15, 0.2) is 17.3 Å². The Balaban J connectivity index is 1.39. The molecule has 10 atom stereocenters. The van der Waals surface area contributed by atoms with Crippen LogP contribution < -0.4 is 14.2 Å². The maximum absolute atomic E-state index is 12.8. The number of aliphatic hydroxyl groups excluding tert-OH is 8. The number of carbonyl (C=O) groups is 1. The number of aliphatic hydroxyl groups is 8. The first kappa shape index (κ1) is 31.8. The average Bonchev–Trinajstić information content (AvgIpc) is 3.01. The molecule has 0 aliphatic carbocycles. The van der Waals surface area contributed by atoms with Crippen molar-refractivity contribution in [1.82, 2.24) is 0 Å². The zero-order valence-corrected chi connectivity index (χ0v) is 22.4. The van der Waals surface area contributed by atoms with E-state index < -0.39 is 74.6 Å². The van der Waals surface area contributed by atoms with E-state index in [1.807, 2.05) is 0 Å². The third-order valence-electron chi connectivity index (χ3n) is 6.95. The van der Waals surface area contributed by atoms with Crippen LogP contribution in [0.4, 0.5) is 0 Å². The molecular formula is C28H34O14. The Morgan fingerprint density at radius 2 is 1.29 bits per heavy atom. The number of methoxy groups -OCH3 is 1. The molecule has 14 heteroatoms. The highest BCUT2D eigenvalue weighted by Gasteiger charge is 2.46. The summed E-state index contributed by atoms with van der Waals surface area (Å²) in [6.45, 7) is -1.20. The van der Waals surface area contributed by atoms with Gasteiger partial charge in [-0.15, -0.1) is 0 Å². The van der Waals surface area contributed by atoms with Crippen LogP contribution in [-0.2, 0) is 9.47 Å². The van der Waals surface area contributed by atoms with Gasteiger partial charge in [0, 0.05) is 5.56 Å². The van der Waals surface area contributed by atoms with E-state index >= 15 is 0 Å². The Morgan fingerprint density at radius 3 is 1.81 bits per heavy atom.